The predicted octanol–water partition coefficient (Wildman–Crippen LogP) is 3.92. The molecule has 0 aliphatic heterocycles. The number of halogens is 1. The van der Waals surface area contributed by atoms with Gasteiger partial charge < -0.3 is 9.47 Å². The fourth-order valence-corrected chi connectivity index (χ4v) is 3.06. The Morgan fingerprint density at radius 3 is 2.55 bits per heavy atom. The molecular weight excluding hydrogens is 270 g/mol. The number of hydrogen-bond acceptors (Lipinski definition) is 2. The average Bonchev–Trinajstić information content (AvgIpc) is 2.66. The van der Waals surface area contributed by atoms with Crippen LogP contribution in [0.3, 0.4) is 0 Å². The summed E-state index contributed by atoms with van der Waals surface area (Å²) < 4.78 is 2.27. The molecule has 3 nitrogen and oxygen atoms in total. The predicted molar refractivity (Wildman–Crippen MR) is 86.3 cm³/mol. The zero-order chi connectivity index (χ0) is 14.9. The van der Waals surface area contributed by atoms with Gasteiger partial charge in [0.2, 0.25) is 0 Å². The van der Waals surface area contributed by atoms with Crippen LogP contribution in [0.2, 0.25) is 0 Å². The highest BCUT2D eigenvalue weighted by molar-refractivity contribution is 6.20. The summed E-state index contributed by atoms with van der Waals surface area (Å²) in [6, 6.07) is 8.25. The first kappa shape index (κ1) is 15.3. The van der Waals surface area contributed by atoms with Crippen LogP contribution in [0.1, 0.15) is 32.0 Å². The van der Waals surface area contributed by atoms with Crippen molar-refractivity contribution in [3.63, 3.8) is 0 Å². The van der Waals surface area contributed by atoms with Gasteiger partial charge in [-0.3, -0.25) is 0 Å². The number of para-hydroxylation sites is 2. The highest BCUT2D eigenvalue weighted by Crippen LogP contribution is 2.28. The number of hydrogen-bond donors (Lipinski definition) is 0. The van der Waals surface area contributed by atoms with Gasteiger partial charge in [0.1, 0.15) is 5.82 Å². The number of rotatable bonds is 5. The summed E-state index contributed by atoms with van der Waals surface area (Å²) >= 11 is 6.32. The minimum atomic E-state index is -0.0856. The zero-order valence-corrected chi connectivity index (χ0v) is 13.8. The van der Waals surface area contributed by atoms with Crippen molar-refractivity contribution in [3.05, 3.63) is 30.1 Å². The van der Waals surface area contributed by atoms with Crippen LogP contribution >= 0.6 is 11.6 Å². The molecule has 1 atom stereocenters. The summed E-state index contributed by atoms with van der Waals surface area (Å²) in [5.74, 6) is 0.958. The normalized spacial score (nSPS) is 14.2. The number of aromatic nitrogens is 2. The first-order chi connectivity index (χ1) is 9.30. The van der Waals surface area contributed by atoms with Gasteiger partial charge in [-0.05, 0) is 38.6 Å². The van der Waals surface area contributed by atoms with Crippen LogP contribution in [0, 0.1) is 5.41 Å². The molecule has 0 bridgehead atoms. The Labute approximate surface area is 126 Å². The molecule has 1 heterocycles. The molecule has 0 saturated carbocycles. The third-order valence-corrected chi connectivity index (χ3v) is 3.57. The summed E-state index contributed by atoms with van der Waals surface area (Å²) in [5.41, 5.74) is 2.35. The molecule has 0 aliphatic rings. The van der Waals surface area contributed by atoms with Gasteiger partial charge in [-0.2, -0.15) is 0 Å². The lowest BCUT2D eigenvalue weighted by atomic mass is 9.92. The second-order valence-electron chi connectivity index (χ2n) is 6.56. The van der Waals surface area contributed by atoms with Gasteiger partial charge in [-0.15, -0.1) is 11.6 Å². The van der Waals surface area contributed by atoms with E-state index in [0.717, 1.165) is 24.4 Å². The minimum absolute atomic E-state index is 0.0856. The molecule has 0 amide bonds. The maximum absolute atomic E-state index is 6.32. The van der Waals surface area contributed by atoms with Crippen molar-refractivity contribution in [1.82, 2.24) is 14.5 Å². The molecule has 20 heavy (non-hydrogen) atoms. The fraction of sp³-hybridized carbons (Fsp3) is 0.562. The largest absolute Gasteiger partial charge is 0.326 e. The third-order valence-electron chi connectivity index (χ3n) is 3.37. The van der Waals surface area contributed by atoms with E-state index in [9.17, 15) is 0 Å². The Balaban J connectivity index is 2.44. The molecule has 0 N–H and O–H groups in total. The maximum atomic E-state index is 6.32. The molecule has 2 rings (SSSR count). The van der Waals surface area contributed by atoms with Crippen LogP contribution < -0.4 is 0 Å². The van der Waals surface area contributed by atoms with Gasteiger partial charge in [-0.1, -0.05) is 26.0 Å². The summed E-state index contributed by atoms with van der Waals surface area (Å²) in [6.07, 6.45) is 0. The molecule has 2 aromatic rings. The fourth-order valence-electron chi connectivity index (χ4n) is 2.90. The Morgan fingerprint density at radius 1 is 1.30 bits per heavy atom. The minimum Gasteiger partial charge on any atom is -0.326 e. The second-order valence-corrected chi connectivity index (χ2v) is 7.22. The van der Waals surface area contributed by atoms with Crippen molar-refractivity contribution in [2.45, 2.75) is 32.7 Å². The molecule has 110 valence electrons. The summed E-state index contributed by atoms with van der Waals surface area (Å²) in [4.78, 5) is 6.92. The van der Waals surface area contributed by atoms with Crippen molar-refractivity contribution >= 4 is 22.6 Å². The van der Waals surface area contributed by atoms with Gasteiger partial charge in [-0.25, -0.2) is 4.98 Å². The van der Waals surface area contributed by atoms with Crippen molar-refractivity contribution in [2.75, 3.05) is 20.6 Å². The number of fused-ring (bicyclic) bond motifs is 1. The van der Waals surface area contributed by atoms with Gasteiger partial charge in [0, 0.05) is 13.1 Å². The van der Waals surface area contributed by atoms with Crippen LogP contribution in [-0.4, -0.2) is 35.1 Å². The van der Waals surface area contributed by atoms with Crippen LogP contribution in [0.25, 0.3) is 11.0 Å². The molecule has 0 spiro atoms. The van der Waals surface area contributed by atoms with E-state index < -0.39 is 0 Å². The van der Waals surface area contributed by atoms with Crippen LogP contribution in [0.5, 0.6) is 0 Å². The molecule has 0 radical (unpaired) electrons. The van der Waals surface area contributed by atoms with Crippen LogP contribution in [0.15, 0.2) is 24.3 Å². The van der Waals surface area contributed by atoms with Crippen molar-refractivity contribution in [2.24, 2.45) is 5.41 Å². The SMILES string of the molecule is CC(Cl)c1nc2ccccc2n1CC(C)(C)CN(C)C. The summed E-state index contributed by atoms with van der Waals surface area (Å²) in [7, 11) is 4.22. The quantitative estimate of drug-likeness (QED) is 0.779. The maximum Gasteiger partial charge on any atom is 0.127 e. The topological polar surface area (TPSA) is 21.1 Å². The lowest BCUT2D eigenvalue weighted by Crippen LogP contribution is -2.32. The molecule has 4 heteroatoms. The number of nitrogens with zero attached hydrogens (tertiary/aromatic N) is 3. The number of alkyl halides is 1. The van der Waals surface area contributed by atoms with E-state index in [1.807, 2.05) is 19.1 Å². The van der Waals surface area contributed by atoms with Crippen LogP contribution in [0.4, 0.5) is 0 Å². The summed E-state index contributed by atoms with van der Waals surface area (Å²) in [6.45, 7) is 8.49. The van der Waals surface area contributed by atoms with E-state index in [1.165, 1.54) is 5.52 Å². The molecule has 0 aliphatic carbocycles. The average molecular weight is 294 g/mol. The Hall–Kier alpha value is -1.06. The van der Waals surface area contributed by atoms with E-state index in [1.54, 1.807) is 0 Å². The molecule has 1 aromatic heterocycles. The smallest absolute Gasteiger partial charge is 0.127 e. The van der Waals surface area contributed by atoms with E-state index in [0.29, 0.717) is 0 Å². The van der Waals surface area contributed by atoms with E-state index in [2.05, 4.69) is 49.5 Å². The molecule has 1 unspecified atom stereocenters. The van der Waals surface area contributed by atoms with Gasteiger partial charge in [0.25, 0.3) is 0 Å². The third kappa shape index (κ3) is 3.33. The Kier molecular flexibility index (Phi) is 4.40. The first-order valence-electron chi connectivity index (χ1n) is 7.04. The molecule has 1 aromatic carbocycles. The van der Waals surface area contributed by atoms with E-state index >= 15 is 0 Å². The van der Waals surface area contributed by atoms with Crippen LogP contribution in [-0.2, 0) is 6.54 Å². The monoisotopic (exact) mass is 293 g/mol. The lowest BCUT2D eigenvalue weighted by Gasteiger charge is -2.29. The second kappa shape index (κ2) is 5.74. The standard InChI is InChI=1S/C16H24ClN3/c1-12(17)15-18-13-8-6-7-9-14(13)20(15)11-16(2,3)10-19(4)5/h6-9,12H,10-11H2,1-5H3. The van der Waals surface area contributed by atoms with Gasteiger partial charge >= 0.3 is 0 Å². The number of benzene rings is 1. The molecule has 0 saturated heterocycles. The highest BCUT2D eigenvalue weighted by atomic mass is 35.5. The zero-order valence-electron chi connectivity index (χ0n) is 13.0. The van der Waals surface area contributed by atoms with Crippen molar-refractivity contribution < 1.29 is 0 Å². The van der Waals surface area contributed by atoms with E-state index in [4.69, 9.17) is 16.6 Å². The Bertz CT molecular complexity index is 584. The highest BCUT2D eigenvalue weighted by Gasteiger charge is 2.24. The summed E-state index contributed by atoms with van der Waals surface area (Å²) in [5, 5.41) is -0.0856. The van der Waals surface area contributed by atoms with Gasteiger partial charge in [0.05, 0.1) is 16.4 Å². The molecular formula is C16H24ClN3. The lowest BCUT2D eigenvalue weighted by molar-refractivity contribution is 0.211. The molecule has 0 fully saturated rings. The number of imidazole rings is 1. The van der Waals surface area contributed by atoms with Gasteiger partial charge in [0.15, 0.2) is 0 Å². The van der Waals surface area contributed by atoms with E-state index in [-0.39, 0.29) is 10.8 Å². The van der Waals surface area contributed by atoms with Crippen molar-refractivity contribution in [1.29, 1.82) is 0 Å². The van der Waals surface area contributed by atoms with Crippen molar-refractivity contribution in [3.8, 4) is 0 Å². The Morgan fingerprint density at radius 2 is 1.95 bits per heavy atom. The first-order valence-corrected chi connectivity index (χ1v) is 7.48.